The minimum absolute atomic E-state index is 0.0470. The molecule has 3 aromatic rings. The number of carbonyl (C=O) groups is 1. The van der Waals surface area contributed by atoms with E-state index in [0.29, 0.717) is 22.0 Å². The first-order valence-corrected chi connectivity index (χ1v) is 12.7. The smallest absolute Gasteiger partial charge is 0.433 e. The molecule has 0 fully saturated rings. The Bertz CT molecular complexity index is 1300. The summed E-state index contributed by atoms with van der Waals surface area (Å²) in [5, 5.41) is 13.2. The van der Waals surface area contributed by atoms with Crippen LogP contribution in [0.15, 0.2) is 30.3 Å². The Hall–Kier alpha value is -3.12. The van der Waals surface area contributed by atoms with Crippen molar-refractivity contribution < 1.29 is 22.7 Å². The zero-order chi connectivity index (χ0) is 27.8. The minimum Gasteiger partial charge on any atom is -0.446 e. The molecule has 0 saturated carbocycles. The highest BCUT2D eigenvalue weighted by Gasteiger charge is 2.43. The molecule has 0 saturated heterocycles. The van der Waals surface area contributed by atoms with Crippen molar-refractivity contribution in [3.8, 4) is 0 Å². The first-order chi connectivity index (χ1) is 17.9. The molecule has 1 aromatic carbocycles. The second-order valence-electron chi connectivity index (χ2n) is 9.20. The highest BCUT2D eigenvalue weighted by atomic mass is 35.5. The van der Waals surface area contributed by atoms with Gasteiger partial charge in [0, 0.05) is 22.6 Å². The van der Waals surface area contributed by atoms with Crippen LogP contribution in [0.3, 0.4) is 0 Å². The number of hydrogen-bond acceptors (Lipinski definition) is 7. The van der Waals surface area contributed by atoms with Gasteiger partial charge >= 0.3 is 12.3 Å². The number of amides is 1. The lowest BCUT2D eigenvalue weighted by Gasteiger charge is -2.43. The van der Waals surface area contributed by atoms with Gasteiger partial charge in [-0.25, -0.2) is 9.78 Å². The molecule has 0 unspecified atom stereocenters. The summed E-state index contributed by atoms with van der Waals surface area (Å²) in [7, 11) is 1.58. The number of hydrogen-bond donors (Lipinski definition) is 0. The highest BCUT2D eigenvalue weighted by Crippen LogP contribution is 2.44. The number of carbonyl (C=O) groups excluding carboxylic acids is 1. The average Bonchev–Trinajstić information content (AvgIpc) is 3.25. The molecule has 38 heavy (non-hydrogen) atoms. The molecular formula is C24H26Cl2F3N7O2. The molecule has 1 aliphatic rings. The van der Waals surface area contributed by atoms with Gasteiger partial charge in [0.15, 0.2) is 0 Å². The van der Waals surface area contributed by atoms with Crippen LogP contribution in [-0.4, -0.2) is 43.4 Å². The number of aryl methyl sites for hydroxylation is 1. The van der Waals surface area contributed by atoms with Crippen LogP contribution in [0.5, 0.6) is 0 Å². The normalized spacial score (nSPS) is 17.5. The molecular weight excluding hydrogens is 546 g/mol. The van der Waals surface area contributed by atoms with Crippen LogP contribution < -0.4 is 9.80 Å². The Labute approximate surface area is 227 Å². The van der Waals surface area contributed by atoms with Gasteiger partial charge in [-0.1, -0.05) is 35.2 Å². The van der Waals surface area contributed by atoms with E-state index in [1.54, 1.807) is 44.0 Å². The van der Waals surface area contributed by atoms with Crippen molar-refractivity contribution in [1.82, 2.24) is 25.2 Å². The van der Waals surface area contributed by atoms with E-state index in [9.17, 15) is 18.0 Å². The summed E-state index contributed by atoms with van der Waals surface area (Å²) in [6, 6.07) is 5.95. The van der Waals surface area contributed by atoms with E-state index in [1.165, 1.54) is 15.8 Å². The number of rotatable bonds is 6. The molecule has 0 aliphatic carbocycles. The van der Waals surface area contributed by atoms with Crippen LogP contribution in [0, 0.1) is 0 Å². The third-order valence-corrected chi connectivity index (χ3v) is 6.48. The summed E-state index contributed by atoms with van der Waals surface area (Å²) in [6.45, 7) is 5.44. The van der Waals surface area contributed by atoms with Crippen LogP contribution in [0.2, 0.25) is 10.0 Å². The lowest BCUT2D eigenvalue weighted by molar-refractivity contribution is -0.141. The lowest BCUT2D eigenvalue weighted by Crippen LogP contribution is -2.49. The van der Waals surface area contributed by atoms with E-state index in [0.717, 1.165) is 6.07 Å². The second-order valence-corrected chi connectivity index (χ2v) is 10.1. The van der Waals surface area contributed by atoms with Crippen molar-refractivity contribution in [2.45, 2.75) is 64.5 Å². The second kappa shape index (κ2) is 10.9. The van der Waals surface area contributed by atoms with E-state index in [2.05, 4.69) is 20.4 Å². The number of aromatic nitrogens is 5. The highest BCUT2D eigenvalue weighted by molar-refractivity contribution is 6.34. The number of fused-ring (bicyclic) bond motifs is 1. The topological polar surface area (TPSA) is 89.3 Å². The number of anilines is 2. The molecule has 1 amide bonds. The lowest BCUT2D eigenvalue weighted by atomic mass is 9.92. The minimum atomic E-state index is -4.69. The maximum atomic E-state index is 13.8. The van der Waals surface area contributed by atoms with Crippen LogP contribution in [0.4, 0.5) is 29.6 Å². The summed E-state index contributed by atoms with van der Waals surface area (Å²) in [4.78, 5) is 21.5. The van der Waals surface area contributed by atoms with Crippen LogP contribution >= 0.6 is 23.2 Å². The first-order valence-electron chi connectivity index (χ1n) is 11.9. The molecule has 0 spiro atoms. The van der Waals surface area contributed by atoms with Crippen molar-refractivity contribution in [1.29, 1.82) is 0 Å². The molecule has 14 heteroatoms. The SMILES string of the molecule is CC[C@@H]1C[C@@H](N(Cc2cc(Cl)cc(Cl)c2)c2nnn(C)n2)c2nc(C(F)(F)F)ccc2N1C(=O)OC(C)C. The number of pyridine rings is 1. The Kier molecular flexibility index (Phi) is 8.03. The van der Waals surface area contributed by atoms with Gasteiger partial charge in [0.25, 0.3) is 5.95 Å². The van der Waals surface area contributed by atoms with Crippen molar-refractivity contribution in [2.24, 2.45) is 7.05 Å². The number of tetrazole rings is 1. The Morgan fingerprint density at radius 1 is 1.21 bits per heavy atom. The number of nitrogens with zero attached hydrogens (tertiary/aromatic N) is 7. The summed E-state index contributed by atoms with van der Waals surface area (Å²) in [6.07, 6.45) is -5.03. The number of alkyl halides is 3. The summed E-state index contributed by atoms with van der Waals surface area (Å²) >= 11 is 12.4. The molecule has 204 valence electrons. The standard InChI is InChI=1S/C24H26Cl2F3N7O2/c1-5-17-11-19(35(22-31-33-34(4)32-22)12-14-8-15(25)10-16(26)9-14)21-18(36(17)23(37)38-13(2)3)6-7-20(30-21)24(27,28)29/h6-10,13,17,19H,5,11-12H2,1-4H3/t17-,19-/m1/s1. The third kappa shape index (κ3) is 5.96. The first kappa shape index (κ1) is 27.9. The van der Waals surface area contributed by atoms with Gasteiger partial charge in [0.1, 0.15) is 5.69 Å². The van der Waals surface area contributed by atoms with E-state index in [4.69, 9.17) is 27.9 Å². The van der Waals surface area contributed by atoms with Crippen LogP contribution in [0.25, 0.3) is 0 Å². The monoisotopic (exact) mass is 571 g/mol. The van der Waals surface area contributed by atoms with Crippen LogP contribution in [0.1, 0.15) is 56.6 Å². The Morgan fingerprint density at radius 2 is 1.89 bits per heavy atom. The van der Waals surface area contributed by atoms with Crippen LogP contribution in [-0.2, 0) is 24.5 Å². The average molecular weight is 572 g/mol. The van der Waals surface area contributed by atoms with Gasteiger partial charge in [0.2, 0.25) is 0 Å². The number of halogens is 5. The fourth-order valence-corrected chi connectivity index (χ4v) is 5.06. The summed E-state index contributed by atoms with van der Waals surface area (Å²) in [5.74, 6) is 0.173. The van der Waals surface area contributed by atoms with Gasteiger partial charge in [-0.3, -0.25) is 4.90 Å². The third-order valence-electron chi connectivity index (χ3n) is 6.04. The molecule has 0 N–H and O–H groups in total. The Morgan fingerprint density at radius 3 is 2.45 bits per heavy atom. The van der Waals surface area contributed by atoms with Gasteiger partial charge in [0.05, 0.1) is 30.6 Å². The summed E-state index contributed by atoms with van der Waals surface area (Å²) in [5.41, 5.74) is -0.125. The predicted octanol–water partition coefficient (Wildman–Crippen LogP) is 6.21. The quantitative estimate of drug-likeness (QED) is 0.347. The zero-order valence-corrected chi connectivity index (χ0v) is 22.6. The maximum absolute atomic E-state index is 13.8. The Balaban J connectivity index is 1.89. The number of benzene rings is 1. The van der Waals surface area contributed by atoms with Gasteiger partial charge < -0.3 is 9.64 Å². The predicted molar refractivity (Wildman–Crippen MR) is 136 cm³/mol. The molecule has 0 radical (unpaired) electrons. The van der Waals surface area contributed by atoms with Crippen molar-refractivity contribution in [3.05, 3.63) is 57.3 Å². The fraction of sp³-hybridized carbons (Fsp3) is 0.458. The maximum Gasteiger partial charge on any atom is 0.433 e. The molecule has 2 atom stereocenters. The number of ether oxygens (including phenoxy) is 1. The molecule has 3 heterocycles. The van der Waals surface area contributed by atoms with Gasteiger partial charge in [-0.05, 0) is 67.8 Å². The van der Waals surface area contributed by atoms with E-state index < -0.39 is 36.2 Å². The van der Waals surface area contributed by atoms with Gasteiger partial charge in [-0.15, -0.1) is 5.10 Å². The van der Waals surface area contributed by atoms with E-state index in [1.807, 2.05) is 6.92 Å². The van der Waals surface area contributed by atoms with Crippen molar-refractivity contribution in [3.63, 3.8) is 0 Å². The zero-order valence-electron chi connectivity index (χ0n) is 21.1. The van der Waals surface area contributed by atoms with Crippen molar-refractivity contribution >= 4 is 40.9 Å². The fourth-order valence-electron chi connectivity index (χ4n) is 4.48. The van der Waals surface area contributed by atoms with Crippen molar-refractivity contribution in [2.75, 3.05) is 9.80 Å². The van der Waals surface area contributed by atoms with Gasteiger partial charge in [-0.2, -0.15) is 18.0 Å². The molecule has 4 rings (SSSR count). The molecule has 0 bridgehead atoms. The summed E-state index contributed by atoms with van der Waals surface area (Å²) < 4.78 is 46.7. The van der Waals surface area contributed by atoms with E-state index >= 15 is 0 Å². The largest absolute Gasteiger partial charge is 0.446 e. The molecule has 1 aliphatic heterocycles. The molecule has 2 aromatic heterocycles. The van der Waals surface area contributed by atoms with E-state index in [-0.39, 0.29) is 30.3 Å². The molecule has 9 nitrogen and oxygen atoms in total.